The zero-order valence-electron chi connectivity index (χ0n) is 17.0. The van der Waals surface area contributed by atoms with Gasteiger partial charge in [-0.25, -0.2) is 0 Å². The van der Waals surface area contributed by atoms with Crippen molar-refractivity contribution in [2.75, 3.05) is 13.1 Å². The second kappa shape index (κ2) is 8.04. The Morgan fingerprint density at radius 1 is 1.18 bits per heavy atom. The van der Waals surface area contributed by atoms with E-state index in [1.165, 1.54) is 24.0 Å². The Balaban J connectivity index is 1.46. The van der Waals surface area contributed by atoms with E-state index in [9.17, 15) is 4.79 Å². The number of likely N-dealkylation sites (tertiary alicyclic amines) is 1. The maximum Gasteiger partial charge on any atom is 0.220 e. The van der Waals surface area contributed by atoms with Crippen LogP contribution in [-0.4, -0.2) is 34.9 Å². The molecule has 148 valence electrons. The molecular weight excluding hydrogens is 346 g/mol. The van der Waals surface area contributed by atoms with Gasteiger partial charge in [-0.2, -0.15) is 0 Å². The minimum atomic E-state index is 0.180. The van der Waals surface area contributed by atoms with Crippen LogP contribution >= 0.6 is 0 Å². The first-order chi connectivity index (χ1) is 13.6. The van der Waals surface area contributed by atoms with Gasteiger partial charge in [0, 0.05) is 25.2 Å². The molecule has 1 N–H and O–H groups in total. The predicted octanol–water partition coefficient (Wildman–Crippen LogP) is 4.02. The Labute approximate surface area is 168 Å². The summed E-state index contributed by atoms with van der Waals surface area (Å²) in [5.41, 5.74) is 4.28. The lowest BCUT2D eigenvalue weighted by molar-refractivity contribution is -0.122. The molecule has 1 aromatic heterocycles. The van der Waals surface area contributed by atoms with Crippen molar-refractivity contribution in [3.05, 3.63) is 65.5 Å². The molecule has 4 heteroatoms. The Kier molecular flexibility index (Phi) is 5.49. The molecule has 1 fully saturated rings. The third kappa shape index (κ3) is 3.97. The molecule has 1 aliphatic carbocycles. The molecule has 1 atom stereocenters. The fraction of sp³-hybridized carbons (Fsp3) is 0.500. The van der Waals surface area contributed by atoms with Crippen molar-refractivity contribution in [1.82, 2.24) is 15.2 Å². The number of hydrogen-bond donors (Lipinski definition) is 1. The van der Waals surface area contributed by atoms with Gasteiger partial charge in [-0.1, -0.05) is 30.3 Å². The van der Waals surface area contributed by atoms with E-state index in [0.717, 1.165) is 31.7 Å². The van der Waals surface area contributed by atoms with Crippen molar-refractivity contribution < 1.29 is 4.79 Å². The minimum Gasteiger partial charge on any atom is -0.354 e. The van der Waals surface area contributed by atoms with Crippen molar-refractivity contribution >= 4 is 5.91 Å². The quantitative estimate of drug-likeness (QED) is 0.856. The molecule has 1 spiro atoms. The lowest BCUT2D eigenvalue weighted by atomic mass is 9.73. The number of pyridine rings is 1. The van der Waals surface area contributed by atoms with Crippen molar-refractivity contribution in [3.8, 4) is 0 Å². The smallest absolute Gasteiger partial charge is 0.220 e. The SMILES string of the molecule is CC(C)NC(=O)C[C@@H]1CC2(CCN(Cc3ccccn3)CC2)c2ccccc21. The summed E-state index contributed by atoms with van der Waals surface area (Å²) in [4.78, 5) is 19.4. The maximum absolute atomic E-state index is 12.4. The Bertz CT molecular complexity index is 810. The number of aromatic nitrogens is 1. The van der Waals surface area contributed by atoms with Crippen LogP contribution in [0.15, 0.2) is 48.7 Å². The van der Waals surface area contributed by atoms with Crippen LogP contribution in [0.5, 0.6) is 0 Å². The molecule has 2 heterocycles. The van der Waals surface area contributed by atoms with Crippen LogP contribution in [-0.2, 0) is 16.8 Å². The molecule has 4 rings (SSSR count). The number of nitrogens with zero attached hydrogens (tertiary/aromatic N) is 2. The zero-order valence-corrected chi connectivity index (χ0v) is 17.0. The number of fused-ring (bicyclic) bond motifs is 2. The summed E-state index contributed by atoms with van der Waals surface area (Å²) < 4.78 is 0. The van der Waals surface area contributed by atoms with Gasteiger partial charge in [0.25, 0.3) is 0 Å². The standard InChI is InChI=1S/C24H31N3O/c1-18(2)26-23(28)15-19-16-24(22-9-4-3-8-21(19)22)10-13-27(14-11-24)17-20-7-5-6-12-25-20/h3-9,12,18-19H,10-11,13-17H2,1-2H3,(H,26,28)/t19-/m1/s1. The summed E-state index contributed by atoms with van der Waals surface area (Å²) in [6.07, 6.45) is 5.92. The second-order valence-electron chi connectivity index (χ2n) is 8.79. The maximum atomic E-state index is 12.4. The third-order valence-electron chi connectivity index (χ3n) is 6.42. The summed E-state index contributed by atoms with van der Waals surface area (Å²) in [6, 6.07) is 15.2. The van der Waals surface area contributed by atoms with Gasteiger partial charge in [-0.15, -0.1) is 0 Å². The van der Waals surface area contributed by atoms with Crippen molar-refractivity contribution in [3.63, 3.8) is 0 Å². The molecule has 4 nitrogen and oxygen atoms in total. The van der Waals surface area contributed by atoms with Crippen LogP contribution in [0.2, 0.25) is 0 Å². The van der Waals surface area contributed by atoms with Crippen LogP contribution in [0, 0.1) is 0 Å². The Morgan fingerprint density at radius 2 is 1.93 bits per heavy atom. The van der Waals surface area contributed by atoms with Crippen LogP contribution in [0.1, 0.15) is 62.3 Å². The van der Waals surface area contributed by atoms with E-state index in [-0.39, 0.29) is 17.4 Å². The van der Waals surface area contributed by atoms with Crippen molar-refractivity contribution in [2.45, 2.75) is 63.5 Å². The van der Waals surface area contributed by atoms with Gasteiger partial charge < -0.3 is 5.32 Å². The lowest BCUT2D eigenvalue weighted by Crippen LogP contribution is -2.41. The number of carbonyl (C=O) groups is 1. The van der Waals surface area contributed by atoms with Gasteiger partial charge in [0.15, 0.2) is 0 Å². The highest BCUT2D eigenvalue weighted by Gasteiger charge is 2.45. The molecular formula is C24H31N3O. The van der Waals surface area contributed by atoms with Gasteiger partial charge in [0.1, 0.15) is 0 Å². The van der Waals surface area contributed by atoms with E-state index in [1.54, 1.807) is 0 Å². The predicted molar refractivity (Wildman–Crippen MR) is 112 cm³/mol. The van der Waals surface area contributed by atoms with E-state index in [0.29, 0.717) is 12.3 Å². The van der Waals surface area contributed by atoms with Gasteiger partial charge in [0.05, 0.1) is 5.69 Å². The van der Waals surface area contributed by atoms with Crippen LogP contribution in [0.3, 0.4) is 0 Å². The highest BCUT2D eigenvalue weighted by Crippen LogP contribution is 2.52. The lowest BCUT2D eigenvalue weighted by Gasteiger charge is -2.40. The van der Waals surface area contributed by atoms with Gasteiger partial charge in [-0.3, -0.25) is 14.7 Å². The van der Waals surface area contributed by atoms with Crippen molar-refractivity contribution in [1.29, 1.82) is 0 Å². The third-order valence-corrected chi connectivity index (χ3v) is 6.42. The van der Waals surface area contributed by atoms with E-state index in [2.05, 4.69) is 51.6 Å². The first kappa shape index (κ1) is 19.1. The average Bonchev–Trinajstić information content (AvgIpc) is 2.97. The molecule has 2 aliphatic rings. The number of hydrogen-bond acceptors (Lipinski definition) is 3. The molecule has 0 bridgehead atoms. The highest BCUT2D eigenvalue weighted by atomic mass is 16.1. The summed E-state index contributed by atoms with van der Waals surface area (Å²) in [5.74, 6) is 0.525. The van der Waals surface area contributed by atoms with Gasteiger partial charge in [-0.05, 0) is 80.8 Å². The number of amides is 1. The first-order valence-corrected chi connectivity index (χ1v) is 10.6. The minimum absolute atomic E-state index is 0.180. The van der Waals surface area contributed by atoms with Gasteiger partial charge in [0.2, 0.25) is 5.91 Å². The molecule has 1 aromatic carbocycles. The molecule has 0 radical (unpaired) electrons. The zero-order chi connectivity index (χ0) is 19.6. The van der Waals surface area contributed by atoms with Crippen LogP contribution in [0.4, 0.5) is 0 Å². The molecule has 1 saturated heterocycles. The van der Waals surface area contributed by atoms with E-state index < -0.39 is 0 Å². The molecule has 2 aromatic rings. The molecule has 0 saturated carbocycles. The monoisotopic (exact) mass is 377 g/mol. The summed E-state index contributed by atoms with van der Waals surface area (Å²) in [5, 5.41) is 3.07. The van der Waals surface area contributed by atoms with E-state index >= 15 is 0 Å². The number of nitrogens with one attached hydrogen (secondary N) is 1. The fourth-order valence-electron chi connectivity index (χ4n) is 5.15. The fourth-order valence-corrected chi connectivity index (χ4v) is 5.15. The Morgan fingerprint density at radius 3 is 2.64 bits per heavy atom. The normalized spacial score (nSPS) is 21.0. The number of benzene rings is 1. The first-order valence-electron chi connectivity index (χ1n) is 10.6. The molecule has 1 aliphatic heterocycles. The summed E-state index contributed by atoms with van der Waals surface area (Å²) >= 11 is 0. The number of piperidine rings is 1. The largest absolute Gasteiger partial charge is 0.354 e. The average molecular weight is 378 g/mol. The van der Waals surface area contributed by atoms with Crippen molar-refractivity contribution in [2.24, 2.45) is 0 Å². The molecule has 1 amide bonds. The second-order valence-corrected chi connectivity index (χ2v) is 8.79. The van der Waals surface area contributed by atoms with Gasteiger partial charge >= 0.3 is 0 Å². The van der Waals surface area contributed by atoms with E-state index in [1.807, 2.05) is 26.1 Å². The Hall–Kier alpha value is -2.20. The number of carbonyl (C=O) groups excluding carboxylic acids is 1. The van der Waals surface area contributed by atoms with E-state index in [4.69, 9.17) is 0 Å². The summed E-state index contributed by atoms with van der Waals surface area (Å²) in [7, 11) is 0. The van der Waals surface area contributed by atoms with Crippen LogP contribution < -0.4 is 5.32 Å². The highest BCUT2D eigenvalue weighted by molar-refractivity contribution is 5.77. The number of rotatable bonds is 5. The summed E-state index contributed by atoms with van der Waals surface area (Å²) in [6.45, 7) is 7.17. The van der Waals surface area contributed by atoms with Crippen LogP contribution in [0.25, 0.3) is 0 Å². The molecule has 0 unspecified atom stereocenters. The molecule has 28 heavy (non-hydrogen) atoms. The topological polar surface area (TPSA) is 45.2 Å².